The van der Waals surface area contributed by atoms with Gasteiger partial charge in [0.05, 0.1) is 11.0 Å². The van der Waals surface area contributed by atoms with Crippen LogP contribution in [0.5, 0.6) is 0 Å². The first-order chi connectivity index (χ1) is 13.0. The van der Waals surface area contributed by atoms with Crippen LogP contribution in [0.15, 0.2) is 42.6 Å². The summed E-state index contributed by atoms with van der Waals surface area (Å²) in [6.45, 7) is 10.6. The van der Waals surface area contributed by atoms with Gasteiger partial charge in [-0.15, -0.1) is 0 Å². The van der Waals surface area contributed by atoms with E-state index in [2.05, 4.69) is 54.3 Å². The molecule has 0 unspecified atom stereocenters. The van der Waals surface area contributed by atoms with E-state index >= 15 is 0 Å². The van der Waals surface area contributed by atoms with Gasteiger partial charge in [-0.3, -0.25) is 9.55 Å². The number of pyridine rings is 1. The van der Waals surface area contributed by atoms with E-state index in [1.54, 1.807) is 0 Å². The van der Waals surface area contributed by atoms with Gasteiger partial charge in [0.25, 0.3) is 0 Å². The molecule has 0 aliphatic heterocycles. The van der Waals surface area contributed by atoms with Gasteiger partial charge in [0.15, 0.2) is 5.82 Å². The van der Waals surface area contributed by atoms with Gasteiger partial charge >= 0.3 is 0 Å². The molecule has 0 fully saturated rings. The zero-order chi connectivity index (χ0) is 19.3. The monoisotopic (exact) mass is 399 g/mol. The van der Waals surface area contributed by atoms with E-state index in [-0.39, 0.29) is 0 Å². The third kappa shape index (κ3) is 5.21. The maximum absolute atomic E-state index is 6.07. The van der Waals surface area contributed by atoms with Crippen molar-refractivity contribution >= 4 is 30.9 Å². The first-order valence-electron chi connectivity index (χ1n) is 9.54. The van der Waals surface area contributed by atoms with Crippen molar-refractivity contribution in [1.82, 2.24) is 14.5 Å². The van der Waals surface area contributed by atoms with Crippen molar-refractivity contribution in [1.29, 1.82) is 0 Å². The molecule has 4 nitrogen and oxygen atoms in total. The fourth-order valence-electron chi connectivity index (χ4n) is 2.89. The Kier molecular flexibility index (Phi) is 6.73. The summed E-state index contributed by atoms with van der Waals surface area (Å²) in [6.07, 6.45) is 1.82. The Balaban J connectivity index is 1.95. The van der Waals surface area contributed by atoms with Gasteiger partial charge in [0, 0.05) is 26.6 Å². The van der Waals surface area contributed by atoms with Crippen LogP contribution in [-0.2, 0) is 17.2 Å². The number of para-hydroxylation sites is 1. The zero-order valence-electron chi connectivity index (χ0n) is 16.7. The van der Waals surface area contributed by atoms with Crippen LogP contribution in [0.1, 0.15) is 12.5 Å². The van der Waals surface area contributed by atoms with E-state index in [0.717, 1.165) is 46.7 Å². The molecule has 3 rings (SSSR count). The topological polar surface area (TPSA) is 39.9 Å². The first kappa shape index (κ1) is 20.1. The summed E-state index contributed by atoms with van der Waals surface area (Å²) < 4.78 is 8.24. The van der Waals surface area contributed by atoms with Gasteiger partial charge in [0.1, 0.15) is 12.4 Å². The second kappa shape index (κ2) is 9.04. The Labute approximate surface area is 167 Å². The SMILES string of the molecule is CCSCc1cccc2c1nc(-c1ccccn1)n2COCC[Si](C)(C)C. The molecule has 0 aliphatic rings. The summed E-state index contributed by atoms with van der Waals surface area (Å²) in [6, 6.07) is 13.6. The van der Waals surface area contributed by atoms with E-state index in [1.165, 1.54) is 5.56 Å². The maximum atomic E-state index is 6.07. The van der Waals surface area contributed by atoms with E-state index in [0.29, 0.717) is 6.73 Å². The molecule has 1 aromatic carbocycles. The molecule has 2 heterocycles. The van der Waals surface area contributed by atoms with Crippen molar-refractivity contribution in [3.63, 3.8) is 0 Å². The molecule has 144 valence electrons. The average molecular weight is 400 g/mol. The van der Waals surface area contributed by atoms with Crippen LogP contribution in [-0.4, -0.2) is 35.0 Å². The highest BCUT2D eigenvalue weighted by molar-refractivity contribution is 7.98. The highest BCUT2D eigenvalue weighted by Gasteiger charge is 2.17. The zero-order valence-corrected chi connectivity index (χ0v) is 18.6. The third-order valence-corrected chi connectivity index (χ3v) is 7.06. The minimum atomic E-state index is -1.10. The predicted octanol–water partition coefficient (Wildman–Crippen LogP) is 5.66. The fourth-order valence-corrected chi connectivity index (χ4v) is 4.30. The highest BCUT2D eigenvalue weighted by Crippen LogP contribution is 2.28. The number of hydrogen-bond acceptors (Lipinski definition) is 4. The molecule has 0 atom stereocenters. The average Bonchev–Trinajstić information content (AvgIpc) is 3.03. The fraction of sp³-hybridized carbons (Fsp3) is 0.429. The number of benzene rings is 1. The van der Waals surface area contributed by atoms with Crippen LogP contribution in [0.25, 0.3) is 22.6 Å². The summed E-state index contributed by atoms with van der Waals surface area (Å²) in [5.74, 6) is 2.96. The van der Waals surface area contributed by atoms with Crippen LogP contribution in [0.4, 0.5) is 0 Å². The van der Waals surface area contributed by atoms with Gasteiger partial charge < -0.3 is 4.74 Å². The van der Waals surface area contributed by atoms with E-state index in [4.69, 9.17) is 9.72 Å². The van der Waals surface area contributed by atoms with E-state index < -0.39 is 8.07 Å². The van der Waals surface area contributed by atoms with Gasteiger partial charge in [0.2, 0.25) is 0 Å². The third-order valence-electron chi connectivity index (χ3n) is 4.43. The van der Waals surface area contributed by atoms with Crippen molar-refractivity contribution in [2.75, 3.05) is 12.4 Å². The molecular weight excluding hydrogens is 370 g/mol. The molecule has 0 bridgehead atoms. The first-order valence-corrected chi connectivity index (χ1v) is 14.4. The van der Waals surface area contributed by atoms with Crippen LogP contribution in [0, 0.1) is 0 Å². The number of rotatable bonds is 9. The molecule has 27 heavy (non-hydrogen) atoms. The van der Waals surface area contributed by atoms with Crippen molar-refractivity contribution in [3.05, 3.63) is 48.2 Å². The Bertz CT molecular complexity index is 874. The molecule has 0 N–H and O–H groups in total. The second-order valence-corrected chi connectivity index (χ2v) is 14.7. The van der Waals surface area contributed by atoms with Crippen molar-refractivity contribution in [3.8, 4) is 11.5 Å². The Morgan fingerprint density at radius 1 is 1.11 bits per heavy atom. The second-order valence-electron chi connectivity index (χ2n) is 7.85. The quantitative estimate of drug-likeness (QED) is 0.344. The molecule has 6 heteroatoms. The lowest BCUT2D eigenvalue weighted by Gasteiger charge is -2.16. The van der Waals surface area contributed by atoms with Crippen molar-refractivity contribution < 1.29 is 4.74 Å². The molecule has 3 aromatic rings. The minimum absolute atomic E-state index is 0.511. The van der Waals surface area contributed by atoms with Gasteiger partial charge in [-0.25, -0.2) is 4.98 Å². The lowest BCUT2D eigenvalue weighted by Crippen LogP contribution is -2.22. The molecule has 0 saturated carbocycles. The van der Waals surface area contributed by atoms with Crippen molar-refractivity contribution in [2.45, 2.75) is 45.1 Å². The standard InChI is InChI=1S/C21H29N3OSSi/c1-5-26-15-17-9-8-11-19-20(17)23-21(18-10-6-7-12-22-18)24(19)16-25-13-14-27(2,3)4/h6-12H,5,13-16H2,1-4H3. The lowest BCUT2D eigenvalue weighted by molar-refractivity contribution is 0.0909. The molecule has 0 radical (unpaired) electrons. The van der Waals surface area contributed by atoms with Crippen LogP contribution < -0.4 is 0 Å². The Morgan fingerprint density at radius 2 is 1.96 bits per heavy atom. The highest BCUT2D eigenvalue weighted by atomic mass is 32.2. The largest absolute Gasteiger partial charge is 0.361 e. The van der Waals surface area contributed by atoms with Crippen LogP contribution >= 0.6 is 11.8 Å². The van der Waals surface area contributed by atoms with Crippen LogP contribution in [0.3, 0.4) is 0 Å². The lowest BCUT2D eigenvalue weighted by atomic mass is 10.2. The molecule has 0 aliphatic carbocycles. The number of nitrogens with zero attached hydrogens (tertiary/aromatic N) is 3. The number of aromatic nitrogens is 3. The molecule has 0 spiro atoms. The number of ether oxygens (including phenoxy) is 1. The summed E-state index contributed by atoms with van der Waals surface area (Å²) >= 11 is 1.92. The predicted molar refractivity (Wildman–Crippen MR) is 119 cm³/mol. The number of hydrogen-bond donors (Lipinski definition) is 0. The summed E-state index contributed by atoms with van der Waals surface area (Å²) in [7, 11) is -1.10. The van der Waals surface area contributed by atoms with Crippen LogP contribution in [0.2, 0.25) is 25.7 Å². The Hall–Kier alpha value is -1.63. The molecular formula is C21H29N3OSSi. The summed E-state index contributed by atoms with van der Waals surface area (Å²) in [5.41, 5.74) is 4.35. The molecule has 2 aromatic heterocycles. The summed E-state index contributed by atoms with van der Waals surface area (Å²) in [4.78, 5) is 9.51. The maximum Gasteiger partial charge on any atom is 0.161 e. The smallest absolute Gasteiger partial charge is 0.161 e. The molecule has 0 amide bonds. The number of thioether (sulfide) groups is 1. The minimum Gasteiger partial charge on any atom is -0.361 e. The van der Waals surface area contributed by atoms with Crippen molar-refractivity contribution in [2.24, 2.45) is 0 Å². The normalized spacial score (nSPS) is 12.0. The van der Waals surface area contributed by atoms with Gasteiger partial charge in [-0.05, 0) is 35.6 Å². The number of fused-ring (bicyclic) bond motifs is 1. The van der Waals surface area contributed by atoms with E-state index in [9.17, 15) is 0 Å². The van der Waals surface area contributed by atoms with Gasteiger partial charge in [-0.1, -0.05) is 44.8 Å². The Morgan fingerprint density at radius 3 is 2.67 bits per heavy atom. The van der Waals surface area contributed by atoms with E-state index in [1.807, 2.05) is 36.2 Å². The molecule has 0 saturated heterocycles. The number of imidazole rings is 1. The summed E-state index contributed by atoms with van der Waals surface area (Å²) in [5, 5.41) is 0. The van der Waals surface area contributed by atoms with Gasteiger partial charge in [-0.2, -0.15) is 11.8 Å².